The molecule has 0 aromatic rings. The number of carbonyl (C=O) groups is 3. The molecule has 0 spiro atoms. The number of hydrogen-bond acceptors (Lipinski definition) is 5. The number of carbonyl (C=O) groups excluding carboxylic acids is 3. The molecule has 9 heteroatoms. The molecule has 26 heavy (non-hydrogen) atoms. The zero-order chi connectivity index (χ0) is 18.5. The molecular weight excluding hydrogens is 358 g/mol. The molecule has 2 N–H and O–H groups in total. The molecule has 1 saturated heterocycles. The fraction of sp³-hybridized carbons (Fsp3) is 0.706. The van der Waals surface area contributed by atoms with Gasteiger partial charge in [0.2, 0.25) is 21.8 Å². The lowest BCUT2D eigenvalue weighted by molar-refractivity contribution is -0.144. The minimum absolute atomic E-state index is 0.0827. The second-order valence-electron chi connectivity index (χ2n) is 7.72. The highest BCUT2D eigenvalue weighted by Gasteiger charge is 2.59. The Morgan fingerprint density at radius 2 is 1.62 bits per heavy atom. The summed E-state index contributed by atoms with van der Waals surface area (Å²) in [6.45, 7) is -0.447. The second kappa shape index (κ2) is 6.45. The summed E-state index contributed by atoms with van der Waals surface area (Å²) in [7, 11) is -3.64. The number of sulfonamides is 1. The van der Waals surface area contributed by atoms with Gasteiger partial charge >= 0.3 is 0 Å². The van der Waals surface area contributed by atoms with Crippen molar-refractivity contribution in [2.24, 2.45) is 23.7 Å². The van der Waals surface area contributed by atoms with Crippen molar-refractivity contribution in [2.75, 3.05) is 6.54 Å². The monoisotopic (exact) mass is 381 g/mol. The van der Waals surface area contributed by atoms with E-state index in [2.05, 4.69) is 10.3 Å². The van der Waals surface area contributed by atoms with Crippen molar-refractivity contribution in [3.63, 3.8) is 0 Å². The van der Waals surface area contributed by atoms with Gasteiger partial charge in [-0.15, -0.1) is 4.83 Å². The second-order valence-corrected chi connectivity index (χ2v) is 9.68. The Labute approximate surface area is 152 Å². The number of allylic oxidation sites excluding steroid dienone is 2. The molecule has 4 atom stereocenters. The van der Waals surface area contributed by atoms with Crippen molar-refractivity contribution in [1.29, 1.82) is 0 Å². The van der Waals surface area contributed by atoms with Crippen LogP contribution in [0.25, 0.3) is 0 Å². The van der Waals surface area contributed by atoms with E-state index in [0.29, 0.717) is 12.8 Å². The maximum absolute atomic E-state index is 12.5. The first-order chi connectivity index (χ1) is 12.4. The van der Waals surface area contributed by atoms with Crippen LogP contribution in [0.4, 0.5) is 0 Å². The third-order valence-corrected chi connectivity index (χ3v) is 7.92. The van der Waals surface area contributed by atoms with Gasteiger partial charge in [0.1, 0.15) is 6.54 Å². The van der Waals surface area contributed by atoms with Gasteiger partial charge in [-0.1, -0.05) is 31.4 Å². The largest absolute Gasteiger partial charge is 0.276 e. The number of nitrogens with zero attached hydrogens (tertiary/aromatic N) is 1. The van der Waals surface area contributed by atoms with E-state index in [9.17, 15) is 22.8 Å². The molecule has 0 radical (unpaired) electrons. The predicted molar refractivity (Wildman–Crippen MR) is 91.5 cm³/mol. The Hall–Kier alpha value is -1.74. The van der Waals surface area contributed by atoms with Gasteiger partial charge in [-0.2, -0.15) is 0 Å². The van der Waals surface area contributed by atoms with Crippen molar-refractivity contribution in [3.05, 3.63) is 12.2 Å². The average Bonchev–Trinajstić information content (AvgIpc) is 3.31. The first-order valence-corrected chi connectivity index (χ1v) is 10.8. The molecule has 4 unspecified atom stereocenters. The number of hydrazine groups is 1. The quantitative estimate of drug-likeness (QED) is 0.398. The van der Waals surface area contributed by atoms with Gasteiger partial charge in [0.25, 0.3) is 5.91 Å². The highest BCUT2D eigenvalue weighted by molar-refractivity contribution is 7.90. The van der Waals surface area contributed by atoms with Crippen LogP contribution >= 0.6 is 0 Å². The maximum atomic E-state index is 12.5. The number of likely N-dealkylation sites (tertiary alicyclic amines) is 1. The molecule has 3 fully saturated rings. The lowest BCUT2D eigenvalue weighted by Crippen LogP contribution is -2.50. The van der Waals surface area contributed by atoms with Crippen LogP contribution in [0.1, 0.15) is 38.5 Å². The Kier molecular flexibility index (Phi) is 4.38. The fourth-order valence-electron chi connectivity index (χ4n) is 4.89. The van der Waals surface area contributed by atoms with E-state index in [1.165, 1.54) is 0 Å². The lowest BCUT2D eigenvalue weighted by Gasteiger charge is -2.22. The zero-order valence-electron chi connectivity index (χ0n) is 14.4. The smallest absolute Gasteiger partial charge is 0.255 e. The van der Waals surface area contributed by atoms with Crippen LogP contribution in [0.5, 0.6) is 0 Å². The molecule has 3 amide bonds. The predicted octanol–water partition coefficient (Wildman–Crippen LogP) is 0.0768. The highest BCUT2D eigenvalue weighted by atomic mass is 32.2. The minimum atomic E-state index is -3.64. The number of amides is 3. The summed E-state index contributed by atoms with van der Waals surface area (Å²) in [6, 6.07) is 0. The van der Waals surface area contributed by atoms with E-state index >= 15 is 0 Å². The molecule has 4 rings (SSSR count). The molecule has 2 saturated carbocycles. The summed E-state index contributed by atoms with van der Waals surface area (Å²) in [6.07, 6.45) is 8.69. The van der Waals surface area contributed by atoms with Crippen molar-refractivity contribution in [1.82, 2.24) is 15.2 Å². The van der Waals surface area contributed by atoms with Crippen molar-refractivity contribution in [3.8, 4) is 0 Å². The molecule has 0 aromatic carbocycles. The van der Waals surface area contributed by atoms with Crippen molar-refractivity contribution in [2.45, 2.75) is 43.8 Å². The summed E-state index contributed by atoms with van der Waals surface area (Å²) in [5, 5.41) is -0.507. The van der Waals surface area contributed by atoms with Crippen LogP contribution in [0.3, 0.4) is 0 Å². The van der Waals surface area contributed by atoms with Gasteiger partial charge in [0.15, 0.2) is 0 Å². The summed E-state index contributed by atoms with van der Waals surface area (Å²) in [5.41, 5.74) is 2.15. The van der Waals surface area contributed by atoms with E-state index < -0.39 is 27.7 Å². The zero-order valence-corrected chi connectivity index (χ0v) is 15.2. The third-order valence-electron chi connectivity index (χ3n) is 6.19. The van der Waals surface area contributed by atoms with Crippen LogP contribution < -0.4 is 10.3 Å². The molecular formula is C17H23N3O5S. The van der Waals surface area contributed by atoms with E-state index in [4.69, 9.17) is 0 Å². The van der Waals surface area contributed by atoms with Gasteiger partial charge in [0, 0.05) is 0 Å². The minimum Gasteiger partial charge on any atom is -0.276 e. The van der Waals surface area contributed by atoms with Gasteiger partial charge in [-0.3, -0.25) is 24.7 Å². The van der Waals surface area contributed by atoms with Gasteiger partial charge in [0.05, 0.1) is 17.1 Å². The first-order valence-electron chi connectivity index (χ1n) is 9.21. The van der Waals surface area contributed by atoms with E-state index in [1.807, 2.05) is 12.2 Å². The Morgan fingerprint density at radius 3 is 2.19 bits per heavy atom. The Bertz CT molecular complexity index is 741. The molecule has 4 aliphatic rings. The summed E-state index contributed by atoms with van der Waals surface area (Å²) < 4.78 is 24.5. The van der Waals surface area contributed by atoms with Crippen LogP contribution in [-0.2, 0) is 24.4 Å². The van der Waals surface area contributed by atoms with Crippen LogP contribution in [-0.4, -0.2) is 42.8 Å². The Morgan fingerprint density at radius 1 is 1.04 bits per heavy atom. The molecule has 0 aromatic heterocycles. The van der Waals surface area contributed by atoms with Gasteiger partial charge in [-0.25, -0.2) is 8.42 Å². The van der Waals surface area contributed by atoms with Crippen LogP contribution in [0.2, 0.25) is 0 Å². The molecule has 2 bridgehead atoms. The number of rotatable bonds is 5. The topological polar surface area (TPSA) is 113 Å². The van der Waals surface area contributed by atoms with Crippen LogP contribution in [0.15, 0.2) is 12.2 Å². The number of fused-ring (bicyclic) bond motifs is 5. The van der Waals surface area contributed by atoms with Crippen LogP contribution in [0, 0.1) is 23.7 Å². The normalized spacial score (nSPS) is 33.8. The summed E-state index contributed by atoms with van der Waals surface area (Å²) >= 11 is 0. The highest BCUT2D eigenvalue weighted by Crippen LogP contribution is 2.52. The summed E-state index contributed by atoms with van der Waals surface area (Å²) in [4.78, 5) is 40.3. The van der Waals surface area contributed by atoms with Crippen molar-refractivity contribution >= 4 is 27.7 Å². The average molecular weight is 381 g/mol. The number of imide groups is 1. The molecule has 3 aliphatic carbocycles. The molecule has 1 heterocycles. The standard InChI is InChI=1S/C17H23N3O5S/c21-13(18-19-26(24,25)12-4-2-1-3-5-12)9-20-16(22)14-10-6-7-11(8-10)15(14)17(20)23/h6-7,10-12,14-15,19H,1-5,8-9H2,(H,18,21). The van der Waals surface area contributed by atoms with Gasteiger partial charge < -0.3 is 0 Å². The lowest BCUT2D eigenvalue weighted by atomic mass is 9.85. The van der Waals surface area contributed by atoms with Crippen molar-refractivity contribution < 1.29 is 22.8 Å². The SMILES string of the molecule is O=C(CN1C(=O)C2C3C=CC(C3)C2C1=O)NNS(=O)(=O)C1CCCCC1. The van der Waals surface area contributed by atoms with E-state index in [0.717, 1.165) is 30.6 Å². The molecule has 1 aliphatic heterocycles. The maximum Gasteiger partial charge on any atom is 0.255 e. The third kappa shape index (κ3) is 2.87. The number of hydrogen-bond donors (Lipinski definition) is 2. The van der Waals surface area contributed by atoms with E-state index in [1.54, 1.807) is 0 Å². The van der Waals surface area contributed by atoms with Gasteiger partial charge in [-0.05, 0) is 31.1 Å². The van der Waals surface area contributed by atoms with E-state index in [-0.39, 0.29) is 35.5 Å². The summed E-state index contributed by atoms with van der Waals surface area (Å²) in [5.74, 6) is -1.89. The fourth-order valence-corrected chi connectivity index (χ4v) is 6.27. The molecule has 142 valence electrons. The first kappa shape index (κ1) is 17.7. The Balaban J connectivity index is 1.34. The number of nitrogens with one attached hydrogen (secondary N) is 2. The molecule has 8 nitrogen and oxygen atoms in total.